The Kier molecular flexibility index (Phi) is 28.1. The van der Waals surface area contributed by atoms with Crippen molar-refractivity contribution in [1.29, 1.82) is 0 Å². The standard InChI is InChI=1S/C39H71N3O5/c1-4-7-10-13-14-15-16-22-33-46-38(44)27-23-31-41(39(45)42-32-29-40-35-42)30-21-17-20-26-37(43)47-34-28-36(24-18-11-8-5-2)25-19-12-9-6-3/h29,32,35-36H,4-28,30-31,33-34H2,1-3H3. The summed E-state index contributed by atoms with van der Waals surface area (Å²) in [6.45, 7) is 8.78. The molecule has 0 aliphatic rings. The number of aromatic nitrogens is 2. The van der Waals surface area contributed by atoms with E-state index in [1.165, 1.54) is 114 Å². The van der Waals surface area contributed by atoms with Crippen LogP contribution in [0.5, 0.6) is 0 Å². The molecule has 0 aliphatic carbocycles. The maximum Gasteiger partial charge on any atom is 0.329 e. The van der Waals surface area contributed by atoms with Gasteiger partial charge in [0.2, 0.25) is 0 Å². The topological polar surface area (TPSA) is 90.7 Å². The first-order valence-corrected chi connectivity index (χ1v) is 19.6. The molecule has 8 heteroatoms. The molecule has 0 saturated heterocycles. The summed E-state index contributed by atoms with van der Waals surface area (Å²) in [7, 11) is 0. The molecule has 8 nitrogen and oxygen atoms in total. The van der Waals surface area contributed by atoms with Gasteiger partial charge in [-0.05, 0) is 38.0 Å². The molecule has 1 aromatic heterocycles. The average Bonchev–Trinajstić information content (AvgIpc) is 3.61. The van der Waals surface area contributed by atoms with Crippen LogP contribution in [0.2, 0.25) is 0 Å². The van der Waals surface area contributed by atoms with E-state index in [0.29, 0.717) is 51.5 Å². The first-order chi connectivity index (χ1) is 23.0. The van der Waals surface area contributed by atoms with Gasteiger partial charge in [-0.3, -0.25) is 14.2 Å². The Balaban J connectivity index is 2.29. The molecule has 1 heterocycles. The third-order valence-electron chi connectivity index (χ3n) is 9.10. The molecule has 0 aliphatic heterocycles. The maximum absolute atomic E-state index is 13.0. The van der Waals surface area contributed by atoms with Crippen LogP contribution in [-0.4, -0.2) is 58.7 Å². The number of hydrogen-bond acceptors (Lipinski definition) is 6. The Morgan fingerprint density at radius 2 is 1.11 bits per heavy atom. The third-order valence-corrected chi connectivity index (χ3v) is 9.10. The van der Waals surface area contributed by atoms with Gasteiger partial charge in [0, 0.05) is 38.3 Å². The van der Waals surface area contributed by atoms with Gasteiger partial charge in [-0.25, -0.2) is 9.78 Å². The van der Waals surface area contributed by atoms with E-state index < -0.39 is 0 Å². The SMILES string of the molecule is CCCCCCCCCCOC(=O)CCCN(CCCCCC(=O)OCCC(CCCCCC)CCCCCC)C(=O)n1ccnc1. The fourth-order valence-electron chi connectivity index (χ4n) is 6.06. The van der Waals surface area contributed by atoms with Crippen molar-refractivity contribution in [2.45, 2.75) is 181 Å². The molecule has 0 spiro atoms. The molecule has 0 bridgehead atoms. The smallest absolute Gasteiger partial charge is 0.329 e. The zero-order valence-corrected chi connectivity index (χ0v) is 30.7. The van der Waals surface area contributed by atoms with E-state index in [-0.39, 0.29) is 18.0 Å². The fourth-order valence-corrected chi connectivity index (χ4v) is 6.06. The van der Waals surface area contributed by atoms with Gasteiger partial charge in [0.1, 0.15) is 6.33 Å². The number of esters is 2. The highest BCUT2D eigenvalue weighted by molar-refractivity contribution is 5.76. The van der Waals surface area contributed by atoms with Crippen molar-refractivity contribution in [2.75, 3.05) is 26.3 Å². The molecule has 0 fully saturated rings. The second kappa shape index (κ2) is 30.9. The molecule has 0 atom stereocenters. The summed E-state index contributed by atoms with van der Waals surface area (Å²) in [5.41, 5.74) is 0. The number of unbranched alkanes of at least 4 members (excludes halogenated alkanes) is 15. The van der Waals surface area contributed by atoms with Crippen LogP contribution in [0.1, 0.15) is 181 Å². The maximum atomic E-state index is 13.0. The molecule has 0 saturated carbocycles. The molecule has 1 aromatic rings. The lowest BCUT2D eigenvalue weighted by Crippen LogP contribution is -2.36. The summed E-state index contributed by atoms with van der Waals surface area (Å²) in [5.74, 6) is 0.352. The number of ether oxygens (including phenoxy) is 2. The van der Waals surface area contributed by atoms with E-state index >= 15 is 0 Å². The lowest BCUT2D eigenvalue weighted by atomic mass is 9.92. The van der Waals surface area contributed by atoms with Crippen molar-refractivity contribution < 1.29 is 23.9 Å². The Morgan fingerprint density at radius 1 is 0.596 bits per heavy atom. The minimum atomic E-state index is -0.194. The first-order valence-electron chi connectivity index (χ1n) is 19.6. The number of carbonyl (C=O) groups excluding carboxylic acids is 3. The van der Waals surface area contributed by atoms with Crippen LogP contribution < -0.4 is 0 Å². The summed E-state index contributed by atoms with van der Waals surface area (Å²) < 4.78 is 12.5. The van der Waals surface area contributed by atoms with Gasteiger partial charge in [-0.2, -0.15) is 0 Å². The number of imidazole rings is 1. The molecule has 1 amide bonds. The van der Waals surface area contributed by atoms with Crippen LogP contribution in [0.25, 0.3) is 0 Å². The van der Waals surface area contributed by atoms with Crippen LogP contribution in [0.3, 0.4) is 0 Å². The van der Waals surface area contributed by atoms with Crippen molar-refractivity contribution in [3.63, 3.8) is 0 Å². The van der Waals surface area contributed by atoms with Gasteiger partial charge in [0.05, 0.1) is 13.2 Å². The summed E-state index contributed by atoms with van der Waals surface area (Å²) in [4.78, 5) is 43.5. The van der Waals surface area contributed by atoms with Gasteiger partial charge in [-0.1, -0.05) is 136 Å². The van der Waals surface area contributed by atoms with E-state index in [9.17, 15) is 14.4 Å². The Labute approximate surface area is 288 Å². The third kappa shape index (κ3) is 24.4. The van der Waals surface area contributed by atoms with Crippen LogP contribution in [0.4, 0.5) is 4.79 Å². The van der Waals surface area contributed by atoms with Crippen LogP contribution in [-0.2, 0) is 19.1 Å². The predicted octanol–water partition coefficient (Wildman–Crippen LogP) is 10.7. The van der Waals surface area contributed by atoms with Crippen LogP contribution >= 0.6 is 0 Å². The zero-order valence-electron chi connectivity index (χ0n) is 30.7. The minimum Gasteiger partial charge on any atom is -0.466 e. The van der Waals surface area contributed by atoms with Gasteiger partial charge < -0.3 is 14.4 Å². The molecule has 272 valence electrons. The molecule has 1 rings (SSSR count). The lowest BCUT2D eigenvalue weighted by molar-refractivity contribution is -0.145. The molecule has 0 unspecified atom stereocenters. The van der Waals surface area contributed by atoms with E-state index in [1.54, 1.807) is 17.3 Å². The monoisotopic (exact) mass is 662 g/mol. The number of hydrogen-bond donors (Lipinski definition) is 0. The van der Waals surface area contributed by atoms with E-state index in [1.807, 2.05) is 0 Å². The minimum absolute atomic E-state index is 0.113. The molecule has 0 N–H and O–H groups in total. The van der Waals surface area contributed by atoms with Gasteiger partial charge in [0.25, 0.3) is 0 Å². The highest BCUT2D eigenvalue weighted by atomic mass is 16.5. The Hall–Kier alpha value is -2.38. The molecule has 0 radical (unpaired) electrons. The largest absolute Gasteiger partial charge is 0.466 e. The van der Waals surface area contributed by atoms with Crippen molar-refractivity contribution >= 4 is 18.0 Å². The lowest BCUT2D eigenvalue weighted by Gasteiger charge is -2.22. The van der Waals surface area contributed by atoms with Crippen molar-refractivity contribution in [2.24, 2.45) is 5.92 Å². The van der Waals surface area contributed by atoms with E-state index in [0.717, 1.165) is 38.5 Å². The highest BCUT2D eigenvalue weighted by Gasteiger charge is 2.16. The summed E-state index contributed by atoms with van der Waals surface area (Å²) in [6, 6.07) is -0.145. The quantitative estimate of drug-likeness (QED) is 0.0564. The second-order valence-electron chi connectivity index (χ2n) is 13.4. The molecular formula is C39H71N3O5. The van der Waals surface area contributed by atoms with Crippen LogP contribution in [0, 0.1) is 5.92 Å². The first kappa shape index (κ1) is 42.6. The van der Waals surface area contributed by atoms with Gasteiger partial charge >= 0.3 is 18.0 Å². The molecular weight excluding hydrogens is 590 g/mol. The number of amides is 1. The molecule has 47 heavy (non-hydrogen) atoms. The number of nitrogens with zero attached hydrogens (tertiary/aromatic N) is 3. The normalized spacial score (nSPS) is 11.2. The average molecular weight is 662 g/mol. The van der Waals surface area contributed by atoms with Gasteiger partial charge in [0.15, 0.2) is 0 Å². The summed E-state index contributed by atoms with van der Waals surface area (Å²) in [5, 5.41) is 0. The van der Waals surface area contributed by atoms with E-state index in [4.69, 9.17) is 9.47 Å². The van der Waals surface area contributed by atoms with Gasteiger partial charge in [-0.15, -0.1) is 0 Å². The van der Waals surface area contributed by atoms with Crippen molar-refractivity contribution in [1.82, 2.24) is 14.5 Å². The summed E-state index contributed by atoms with van der Waals surface area (Å²) >= 11 is 0. The second-order valence-corrected chi connectivity index (χ2v) is 13.4. The Bertz CT molecular complexity index is 864. The highest BCUT2D eigenvalue weighted by Crippen LogP contribution is 2.22. The Morgan fingerprint density at radius 3 is 1.70 bits per heavy atom. The fraction of sp³-hybridized carbons (Fsp3) is 0.846. The predicted molar refractivity (Wildman–Crippen MR) is 192 cm³/mol. The number of rotatable bonds is 32. The molecule has 0 aromatic carbocycles. The van der Waals surface area contributed by atoms with E-state index in [2.05, 4.69) is 25.8 Å². The van der Waals surface area contributed by atoms with Crippen LogP contribution in [0.15, 0.2) is 18.7 Å². The van der Waals surface area contributed by atoms with Crippen molar-refractivity contribution in [3.8, 4) is 0 Å². The van der Waals surface area contributed by atoms with Crippen molar-refractivity contribution in [3.05, 3.63) is 18.7 Å². The zero-order chi connectivity index (χ0) is 34.2. The summed E-state index contributed by atoms with van der Waals surface area (Å²) in [6.07, 6.45) is 31.8. The number of carbonyl (C=O) groups is 3.